The molecule has 1 aliphatic carbocycles. The van der Waals surface area contributed by atoms with Gasteiger partial charge < -0.3 is 0 Å². The van der Waals surface area contributed by atoms with Gasteiger partial charge in [-0.25, -0.2) is 0 Å². The quantitative estimate of drug-likeness (QED) is 0.509. The van der Waals surface area contributed by atoms with Crippen molar-refractivity contribution < 1.29 is 0 Å². The van der Waals surface area contributed by atoms with Gasteiger partial charge in [0, 0.05) is 0 Å². The summed E-state index contributed by atoms with van der Waals surface area (Å²) in [4.78, 5) is 0. The average molecular weight is 188 g/mol. The van der Waals surface area contributed by atoms with E-state index in [1.54, 1.807) is 0 Å². The van der Waals surface area contributed by atoms with Crippen LogP contribution in [-0.2, 0) is 0 Å². The predicted molar refractivity (Wildman–Crippen MR) is 44.5 cm³/mol. The van der Waals surface area contributed by atoms with Crippen LogP contribution >= 0.6 is 0 Å². The molecule has 1 aliphatic rings. The third-order valence-electron chi connectivity index (χ3n) is 2.77. The van der Waals surface area contributed by atoms with Crippen molar-refractivity contribution in [3.05, 3.63) is 0 Å². The second kappa shape index (κ2) is 3.10. The van der Waals surface area contributed by atoms with Crippen molar-refractivity contribution in [2.75, 3.05) is 0 Å². The first-order valence-electron chi connectivity index (χ1n) is 3.97. The fraction of sp³-hybridized carbons (Fsp3) is 1.00. The van der Waals surface area contributed by atoms with Crippen LogP contribution in [0.4, 0.5) is 0 Å². The third-order valence-corrected chi connectivity index (χ3v) is 4.74. The van der Waals surface area contributed by atoms with Gasteiger partial charge in [0.15, 0.2) is 0 Å². The van der Waals surface area contributed by atoms with E-state index in [9.17, 15) is 0 Å². The Morgan fingerprint density at radius 3 is 2.33 bits per heavy atom. The molecule has 0 radical (unpaired) electrons. The van der Waals surface area contributed by atoms with Gasteiger partial charge in [0.1, 0.15) is 0 Å². The maximum atomic E-state index is 2.41. The van der Waals surface area contributed by atoms with E-state index < -0.39 is 0 Å². The summed E-state index contributed by atoms with van der Waals surface area (Å²) < 4.78 is 1.04. The van der Waals surface area contributed by atoms with Crippen LogP contribution in [0.2, 0.25) is 4.71 Å². The Kier molecular flexibility index (Phi) is 2.64. The molecule has 0 nitrogen and oxygen atoms in total. The van der Waals surface area contributed by atoms with Gasteiger partial charge in [-0.05, 0) is 0 Å². The maximum absolute atomic E-state index is 2.41. The number of rotatable bonds is 0. The van der Waals surface area contributed by atoms with Crippen molar-refractivity contribution in [2.24, 2.45) is 11.8 Å². The van der Waals surface area contributed by atoms with Gasteiger partial charge in [-0.3, -0.25) is 0 Å². The van der Waals surface area contributed by atoms with E-state index in [1.165, 1.54) is 19.3 Å². The minimum absolute atomic E-state index is 0.996. The van der Waals surface area contributed by atoms with Crippen molar-refractivity contribution in [2.45, 2.75) is 37.8 Å². The van der Waals surface area contributed by atoms with Crippen molar-refractivity contribution in [3.63, 3.8) is 0 Å². The van der Waals surface area contributed by atoms with E-state index in [0.717, 1.165) is 16.5 Å². The Hall–Kier alpha value is 0.558. The molecular weight excluding hydrogens is 171 g/mol. The van der Waals surface area contributed by atoms with Crippen LogP contribution in [0.3, 0.4) is 0 Å². The van der Waals surface area contributed by atoms with Gasteiger partial charge in [-0.1, -0.05) is 0 Å². The fourth-order valence-electron chi connectivity index (χ4n) is 1.62. The SMILES string of the molecule is CC1CCCC([AsH2])C1C. The molecule has 54 valence electrons. The monoisotopic (exact) mass is 188 g/mol. The zero-order valence-corrected chi connectivity index (χ0v) is 8.85. The molecule has 0 aromatic carbocycles. The van der Waals surface area contributed by atoms with Crippen molar-refractivity contribution >= 4 is 16.9 Å². The van der Waals surface area contributed by atoms with Crippen molar-refractivity contribution in [3.8, 4) is 0 Å². The van der Waals surface area contributed by atoms with Gasteiger partial charge in [0.2, 0.25) is 0 Å². The summed E-state index contributed by atoms with van der Waals surface area (Å²) in [5.74, 6) is 1.99. The fourth-order valence-corrected chi connectivity index (χ4v) is 2.91. The molecule has 0 aliphatic heterocycles. The molecule has 4 atom stereocenters. The normalized spacial score (nSPS) is 45.0. The van der Waals surface area contributed by atoms with E-state index in [0.29, 0.717) is 0 Å². The standard InChI is InChI=1S/C8H17As/c1-6-4-3-5-8(9)7(6)2/h6-8H,3-5,9H2,1-2H3. The molecule has 1 saturated carbocycles. The summed E-state index contributed by atoms with van der Waals surface area (Å²) in [6.45, 7) is 4.81. The van der Waals surface area contributed by atoms with Gasteiger partial charge >= 0.3 is 66.5 Å². The zero-order chi connectivity index (χ0) is 6.85. The van der Waals surface area contributed by atoms with E-state index in [1.807, 2.05) is 16.9 Å². The minimum atomic E-state index is 0.996. The van der Waals surface area contributed by atoms with Crippen LogP contribution in [-0.4, -0.2) is 16.9 Å². The van der Waals surface area contributed by atoms with Gasteiger partial charge in [-0.2, -0.15) is 0 Å². The molecule has 0 aromatic rings. The molecule has 9 heavy (non-hydrogen) atoms. The molecule has 0 N–H and O–H groups in total. The molecule has 0 spiro atoms. The summed E-state index contributed by atoms with van der Waals surface area (Å²) in [6.07, 6.45) is 4.45. The Labute approximate surface area is 66.9 Å². The first-order valence-corrected chi connectivity index (χ1v) is 5.37. The second-order valence-corrected chi connectivity index (χ2v) is 5.23. The van der Waals surface area contributed by atoms with Crippen LogP contribution in [0.15, 0.2) is 0 Å². The summed E-state index contributed by atoms with van der Waals surface area (Å²) in [5, 5.41) is 0. The van der Waals surface area contributed by atoms with Crippen LogP contribution in [0.25, 0.3) is 0 Å². The van der Waals surface area contributed by atoms with Crippen molar-refractivity contribution in [1.29, 1.82) is 0 Å². The topological polar surface area (TPSA) is 0 Å². The first-order chi connectivity index (χ1) is 4.22. The Bertz CT molecular complexity index is 80.6. The zero-order valence-electron chi connectivity index (χ0n) is 6.43. The van der Waals surface area contributed by atoms with E-state index in [-0.39, 0.29) is 0 Å². The summed E-state index contributed by atoms with van der Waals surface area (Å²) in [7, 11) is 0. The number of hydrogen-bond acceptors (Lipinski definition) is 0. The van der Waals surface area contributed by atoms with Crippen LogP contribution in [0, 0.1) is 11.8 Å². The molecular formula is C8H17As. The molecule has 4 unspecified atom stereocenters. The molecule has 0 saturated heterocycles. The van der Waals surface area contributed by atoms with Gasteiger partial charge in [0.05, 0.1) is 0 Å². The molecule has 1 fully saturated rings. The second-order valence-electron chi connectivity index (χ2n) is 3.43. The Balaban J connectivity index is 2.41. The van der Waals surface area contributed by atoms with Crippen LogP contribution in [0.1, 0.15) is 33.1 Å². The summed E-state index contributed by atoms with van der Waals surface area (Å²) >= 11 is 1.95. The molecule has 1 heteroatoms. The van der Waals surface area contributed by atoms with Gasteiger partial charge in [-0.15, -0.1) is 0 Å². The van der Waals surface area contributed by atoms with Crippen LogP contribution in [0.5, 0.6) is 0 Å². The third kappa shape index (κ3) is 1.74. The van der Waals surface area contributed by atoms with E-state index in [2.05, 4.69) is 13.8 Å². The predicted octanol–water partition coefficient (Wildman–Crippen LogP) is 1.86. The molecule has 0 amide bonds. The van der Waals surface area contributed by atoms with E-state index >= 15 is 0 Å². The Morgan fingerprint density at radius 2 is 1.89 bits per heavy atom. The van der Waals surface area contributed by atoms with Gasteiger partial charge in [0.25, 0.3) is 0 Å². The Morgan fingerprint density at radius 1 is 1.22 bits per heavy atom. The first kappa shape index (κ1) is 7.66. The molecule has 0 bridgehead atoms. The summed E-state index contributed by atoms with van der Waals surface area (Å²) in [6, 6.07) is 0. The average Bonchev–Trinajstić information content (AvgIpc) is 1.83. The summed E-state index contributed by atoms with van der Waals surface area (Å²) in [5.41, 5.74) is 0. The molecule has 0 heterocycles. The van der Waals surface area contributed by atoms with Crippen LogP contribution < -0.4 is 0 Å². The number of hydrogen-bond donors (Lipinski definition) is 0. The molecule has 0 aromatic heterocycles. The molecule has 1 rings (SSSR count). The van der Waals surface area contributed by atoms with E-state index in [4.69, 9.17) is 0 Å². The van der Waals surface area contributed by atoms with Crippen molar-refractivity contribution in [1.82, 2.24) is 0 Å².